The molecule has 1 aliphatic carbocycles. The predicted octanol–water partition coefficient (Wildman–Crippen LogP) is 2.50. The summed E-state index contributed by atoms with van der Waals surface area (Å²) in [6.45, 7) is 5.51. The number of carboxylic acids is 1. The summed E-state index contributed by atoms with van der Waals surface area (Å²) in [5, 5.41) is 12.8. The highest BCUT2D eigenvalue weighted by Gasteiger charge is 2.38. The fraction of sp³-hybridized carbons (Fsp3) is 0.562. The van der Waals surface area contributed by atoms with Crippen LogP contribution in [0.3, 0.4) is 0 Å². The lowest BCUT2D eigenvalue weighted by atomic mass is 9.97. The zero-order chi connectivity index (χ0) is 14.6. The highest BCUT2D eigenvalue weighted by Crippen LogP contribution is 2.25. The Labute approximate surface area is 120 Å². The first-order valence-corrected chi connectivity index (χ1v) is 7.36. The summed E-state index contributed by atoms with van der Waals surface area (Å²) in [5.41, 5.74) is 0.317. The molecule has 110 valence electrons. The van der Waals surface area contributed by atoms with Crippen LogP contribution in [0.1, 0.15) is 33.1 Å². The second kappa shape index (κ2) is 6.27. The van der Waals surface area contributed by atoms with Crippen molar-refractivity contribution in [2.75, 3.05) is 18.0 Å². The van der Waals surface area contributed by atoms with Crippen molar-refractivity contribution in [2.24, 2.45) is 0 Å². The third-order valence-corrected chi connectivity index (χ3v) is 3.96. The highest BCUT2D eigenvalue weighted by molar-refractivity contribution is 5.78. The van der Waals surface area contributed by atoms with Crippen LogP contribution in [-0.2, 0) is 4.79 Å². The van der Waals surface area contributed by atoms with Crippen LogP contribution in [0.25, 0.3) is 0 Å². The van der Waals surface area contributed by atoms with Crippen molar-refractivity contribution in [3.63, 3.8) is 0 Å². The largest absolute Gasteiger partial charge is 0.480 e. The Bertz CT molecular complexity index is 445. The summed E-state index contributed by atoms with van der Waals surface area (Å²) >= 11 is 0. The van der Waals surface area contributed by atoms with Gasteiger partial charge in [0.2, 0.25) is 0 Å². The van der Waals surface area contributed by atoms with Crippen molar-refractivity contribution in [3.05, 3.63) is 30.3 Å². The molecule has 2 N–H and O–H groups in total. The maximum absolute atomic E-state index is 11.5. The van der Waals surface area contributed by atoms with Gasteiger partial charge in [-0.2, -0.15) is 0 Å². The Morgan fingerprint density at radius 1 is 1.40 bits per heavy atom. The fourth-order valence-corrected chi connectivity index (χ4v) is 2.39. The van der Waals surface area contributed by atoms with E-state index in [0.717, 1.165) is 31.6 Å². The summed E-state index contributed by atoms with van der Waals surface area (Å²) < 4.78 is 0. The van der Waals surface area contributed by atoms with Gasteiger partial charge >= 0.3 is 5.97 Å². The lowest BCUT2D eigenvalue weighted by Crippen LogP contribution is -2.52. The van der Waals surface area contributed by atoms with Crippen molar-refractivity contribution in [1.82, 2.24) is 5.32 Å². The molecular formula is C16H24N2O2. The second-order valence-corrected chi connectivity index (χ2v) is 5.72. The minimum atomic E-state index is -0.830. The quantitative estimate of drug-likeness (QED) is 0.766. The number of para-hydroxylation sites is 1. The van der Waals surface area contributed by atoms with Crippen molar-refractivity contribution in [2.45, 2.75) is 44.7 Å². The van der Waals surface area contributed by atoms with E-state index in [4.69, 9.17) is 0 Å². The molecule has 1 atom stereocenters. The molecule has 1 unspecified atom stereocenters. The SMILES string of the molecule is CCN(CCC(C)(NC1CC1)C(=O)O)c1ccccc1. The van der Waals surface area contributed by atoms with Gasteiger partial charge in [0, 0.05) is 24.8 Å². The van der Waals surface area contributed by atoms with E-state index >= 15 is 0 Å². The van der Waals surface area contributed by atoms with Crippen molar-refractivity contribution >= 4 is 11.7 Å². The number of aliphatic carboxylic acids is 1. The van der Waals surface area contributed by atoms with Crippen molar-refractivity contribution < 1.29 is 9.90 Å². The van der Waals surface area contributed by atoms with Crippen LogP contribution >= 0.6 is 0 Å². The summed E-state index contributed by atoms with van der Waals surface area (Å²) in [6.07, 6.45) is 2.79. The van der Waals surface area contributed by atoms with Crippen LogP contribution in [0, 0.1) is 0 Å². The Balaban J connectivity index is 1.98. The zero-order valence-corrected chi connectivity index (χ0v) is 12.3. The molecule has 0 amide bonds. The van der Waals surface area contributed by atoms with Gasteiger partial charge in [0.1, 0.15) is 5.54 Å². The standard InChI is InChI=1S/C16H24N2O2/c1-3-18(14-7-5-4-6-8-14)12-11-16(2,15(19)20)17-13-9-10-13/h4-8,13,17H,3,9-12H2,1-2H3,(H,19,20). The summed E-state index contributed by atoms with van der Waals surface area (Å²) in [4.78, 5) is 13.8. The topological polar surface area (TPSA) is 52.6 Å². The third-order valence-electron chi connectivity index (χ3n) is 3.96. The van der Waals surface area contributed by atoms with Gasteiger partial charge < -0.3 is 10.0 Å². The van der Waals surface area contributed by atoms with E-state index in [-0.39, 0.29) is 0 Å². The van der Waals surface area contributed by atoms with Crippen LogP contribution in [0.15, 0.2) is 30.3 Å². The summed E-state index contributed by atoms with van der Waals surface area (Å²) in [5.74, 6) is -0.756. The van der Waals surface area contributed by atoms with E-state index in [2.05, 4.69) is 29.3 Å². The molecule has 2 rings (SSSR count). The average Bonchev–Trinajstić information content (AvgIpc) is 3.24. The summed E-state index contributed by atoms with van der Waals surface area (Å²) in [6, 6.07) is 10.5. The minimum absolute atomic E-state index is 0.392. The van der Waals surface area contributed by atoms with E-state index in [9.17, 15) is 9.90 Å². The number of nitrogens with zero attached hydrogens (tertiary/aromatic N) is 1. The highest BCUT2D eigenvalue weighted by atomic mass is 16.4. The first-order valence-electron chi connectivity index (χ1n) is 7.36. The van der Waals surface area contributed by atoms with Crippen molar-refractivity contribution in [3.8, 4) is 0 Å². The number of benzene rings is 1. The number of rotatable bonds is 8. The van der Waals surface area contributed by atoms with Crippen molar-refractivity contribution in [1.29, 1.82) is 0 Å². The van der Waals surface area contributed by atoms with Crippen LogP contribution in [0.4, 0.5) is 5.69 Å². The first-order chi connectivity index (χ1) is 9.55. The molecular weight excluding hydrogens is 252 g/mol. The van der Waals surface area contributed by atoms with Gasteiger partial charge in [-0.25, -0.2) is 0 Å². The minimum Gasteiger partial charge on any atom is -0.480 e. The van der Waals surface area contributed by atoms with Crippen LogP contribution in [0.2, 0.25) is 0 Å². The molecule has 0 spiro atoms. The molecule has 0 saturated heterocycles. The van der Waals surface area contributed by atoms with Gasteiger partial charge in [-0.15, -0.1) is 0 Å². The second-order valence-electron chi connectivity index (χ2n) is 5.72. The number of anilines is 1. The normalized spacial score (nSPS) is 17.5. The molecule has 4 heteroatoms. The number of nitrogens with one attached hydrogen (secondary N) is 1. The molecule has 0 aliphatic heterocycles. The average molecular weight is 276 g/mol. The molecule has 4 nitrogen and oxygen atoms in total. The molecule has 1 aliphatic rings. The molecule has 0 bridgehead atoms. The molecule has 0 radical (unpaired) electrons. The first kappa shape index (κ1) is 14.9. The van der Waals surface area contributed by atoms with Gasteiger partial charge in [0.05, 0.1) is 0 Å². The summed E-state index contributed by atoms with van der Waals surface area (Å²) in [7, 11) is 0. The van der Waals surface area contributed by atoms with Crippen LogP contribution in [0.5, 0.6) is 0 Å². The molecule has 20 heavy (non-hydrogen) atoms. The molecule has 1 aromatic rings. The third kappa shape index (κ3) is 3.73. The van der Waals surface area contributed by atoms with Gasteiger partial charge in [-0.3, -0.25) is 10.1 Å². The van der Waals surface area contributed by atoms with E-state index in [1.165, 1.54) is 0 Å². The Morgan fingerprint density at radius 2 is 2.05 bits per heavy atom. The molecule has 0 aromatic heterocycles. The van der Waals surface area contributed by atoms with Crippen LogP contribution < -0.4 is 10.2 Å². The molecule has 0 heterocycles. The Kier molecular flexibility index (Phi) is 4.65. The maximum Gasteiger partial charge on any atom is 0.323 e. The molecule has 1 aromatic carbocycles. The number of hydrogen-bond donors (Lipinski definition) is 2. The van der Waals surface area contributed by atoms with Gasteiger partial charge in [0.25, 0.3) is 0 Å². The molecule has 1 fully saturated rings. The Hall–Kier alpha value is -1.55. The predicted molar refractivity (Wildman–Crippen MR) is 81.1 cm³/mol. The maximum atomic E-state index is 11.5. The van der Waals surface area contributed by atoms with Crippen LogP contribution in [-0.4, -0.2) is 35.7 Å². The van der Waals surface area contributed by atoms with Gasteiger partial charge in [-0.1, -0.05) is 18.2 Å². The van der Waals surface area contributed by atoms with E-state index < -0.39 is 11.5 Å². The lowest BCUT2D eigenvalue weighted by Gasteiger charge is -2.31. The van der Waals surface area contributed by atoms with Gasteiger partial charge in [-0.05, 0) is 45.2 Å². The monoisotopic (exact) mass is 276 g/mol. The molecule has 1 saturated carbocycles. The van der Waals surface area contributed by atoms with E-state index in [0.29, 0.717) is 12.5 Å². The van der Waals surface area contributed by atoms with Gasteiger partial charge in [0.15, 0.2) is 0 Å². The number of carbonyl (C=O) groups is 1. The smallest absolute Gasteiger partial charge is 0.323 e. The zero-order valence-electron chi connectivity index (χ0n) is 12.3. The lowest BCUT2D eigenvalue weighted by molar-refractivity contribution is -0.144. The van der Waals surface area contributed by atoms with E-state index in [1.807, 2.05) is 18.2 Å². The Morgan fingerprint density at radius 3 is 2.55 bits per heavy atom. The number of carboxylic acid groups (broad SMARTS) is 1. The number of hydrogen-bond acceptors (Lipinski definition) is 3. The fourth-order valence-electron chi connectivity index (χ4n) is 2.39. The van der Waals surface area contributed by atoms with E-state index in [1.54, 1.807) is 6.92 Å².